The van der Waals surface area contributed by atoms with E-state index in [0.717, 1.165) is 12.0 Å². The van der Waals surface area contributed by atoms with E-state index in [1.165, 1.54) is 33.6 Å². The molecule has 8 heteroatoms. The second-order valence-corrected chi connectivity index (χ2v) is 10.7. The number of nitrogens with zero attached hydrogens (tertiary/aromatic N) is 1. The van der Waals surface area contributed by atoms with Crippen LogP contribution in [0.2, 0.25) is 0 Å². The number of carbonyl (C=O) groups excluding carboxylic acids is 2. The number of amides is 2. The molecular formula is C26H33N3O4S. The summed E-state index contributed by atoms with van der Waals surface area (Å²) >= 11 is 0. The predicted octanol–water partition coefficient (Wildman–Crippen LogP) is 3.12. The van der Waals surface area contributed by atoms with Gasteiger partial charge >= 0.3 is 0 Å². The summed E-state index contributed by atoms with van der Waals surface area (Å²) in [7, 11) is -3.70. The van der Waals surface area contributed by atoms with E-state index in [9.17, 15) is 18.0 Å². The second kappa shape index (κ2) is 11.0. The first-order valence-electron chi connectivity index (χ1n) is 11.5. The molecule has 0 bridgehead atoms. The second-order valence-electron chi connectivity index (χ2n) is 8.85. The molecule has 0 aliphatic carbocycles. The Labute approximate surface area is 202 Å². The molecule has 2 N–H and O–H groups in total. The lowest BCUT2D eigenvalue weighted by atomic mass is 10.0. The van der Waals surface area contributed by atoms with Crippen molar-refractivity contribution in [1.82, 2.24) is 14.9 Å². The van der Waals surface area contributed by atoms with E-state index in [1.807, 2.05) is 6.92 Å². The molecule has 2 aromatic carbocycles. The number of piperidine rings is 1. The maximum atomic E-state index is 13.2. The third-order valence-corrected chi connectivity index (χ3v) is 8.37. The van der Waals surface area contributed by atoms with E-state index in [1.54, 1.807) is 12.1 Å². The van der Waals surface area contributed by atoms with Gasteiger partial charge in [-0.2, -0.15) is 4.31 Å². The van der Waals surface area contributed by atoms with E-state index in [4.69, 9.17) is 0 Å². The normalized spacial score (nSPS) is 18.8. The first-order chi connectivity index (χ1) is 16.1. The minimum atomic E-state index is -3.70. The van der Waals surface area contributed by atoms with Gasteiger partial charge in [-0.1, -0.05) is 24.8 Å². The largest absolute Gasteiger partial charge is 0.352 e. The summed E-state index contributed by atoms with van der Waals surface area (Å²) < 4.78 is 27.8. The van der Waals surface area contributed by atoms with Crippen molar-refractivity contribution in [2.45, 2.75) is 57.0 Å². The Morgan fingerprint density at radius 3 is 2.44 bits per heavy atom. The van der Waals surface area contributed by atoms with Crippen molar-refractivity contribution in [2.24, 2.45) is 0 Å². The highest BCUT2D eigenvalue weighted by molar-refractivity contribution is 7.89. The zero-order valence-corrected chi connectivity index (χ0v) is 20.8. The number of carbonyl (C=O) groups is 2. The Hall–Kier alpha value is -2.97. The number of nitrogens with one attached hydrogen (secondary N) is 2. The summed E-state index contributed by atoms with van der Waals surface area (Å²) in [6.07, 6.45) is 3.00. The number of rotatable bonds is 8. The summed E-state index contributed by atoms with van der Waals surface area (Å²) in [6, 6.07) is 12.0. The molecule has 182 valence electrons. The average Bonchev–Trinajstić information content (AvgIpc) is 2.81. The molecule has 0 aromatic heterocycles. The standard InChI is InChI=1S/C26H33N3O4S/c1-5-25(30)28-23-13-15-29(20(4)17-23)34(32,33)24-10-8-22(9-11-24)26(31)27-14-12-21-7-6-18(2)19(3)16-21/h5-11,16,20,23H,1,12-15,17H2,2-4H3,(H,27,31)(H,28,30). The number of hydrogen-bond donors (Lipinski definition) is 2. The summed E-state index contributed by atoms with van der Waals surface area (Å²) in [5, 5.41) is 5.73. The van der Waals surface area contributed by atoms with Crippen molar-refractivity contribution in [2.75, 3.05) is 13.1 Å². The van der Waals surface area contributed by atoms with Crippen LogP contribution in [0.1, 0.15) is 46.8 Å². The zero-order chi connectivity index (χ0) is 24.9. The molecule has 1 saturated heterocycles. The maximum Gasteiger partial charge on any atom is 0.251 e. The highest BCUT2D eigenvalue weighted by Gasteiger charge is 2.34. The van der Waals surface area contributed by atoms with Gasteiger partial charge in [-0.05, 0) is 87.1 Å². The Bertz CT molecular complexity index is 1160. The van der Waals surface area contributed by atoms with Crippen molar-refractivity contribution < 1.29 is 18.0 Å². The number of aryl methyl sites for hydroxylation is 2. The highest BCUT2D eigenvalue weighted by Crippen LogP contribution is 2.25. The van der Waals surface area contributed by atoms with Crippen LogP contribution in [-0.2, 0) is 21.2 Å². The average molecular weight is 484 g/mol. The molecule has 7 nitrogen and oxygen atoms in total. The summed E-state index contributed by atoms with van der Waals surface area (Å²) in [6.45, 7) is 10.2. The van der Waals surface area contributed by atoms with E-state index >= 15 is 0 Å². The molecule has 2 amide bonds. The van der Waals surface area contributed by atoms with Gasteiger partial charge in [0.1, 0.15) is 0 Å². The quantitative estimate of drug-likeness (QED) is 0.564. The van der Waals surface area contributed by atoms with E-state index in [-0.39, 0.29) is 28.8 Å². The van der Waals surface area contributed by atoms with Gasteiger partial charge in [-0.25, -0.2) is 8.42 Å². The lowest BCUT2D eigenvalue weighted by molar-refractivity contribution is -0.117. The van der Waals surface area contributed by atoms with Crippen LogP contribution in [0.3, 0.4) is 0 Å². The van der Waals surface area contributed by atoms with Crippen molar-refractivity contribution in [3.05, 3.63) is 77.4 Å². The Kier molecular flexibility index (Phi) is 8.28. The molecule has 0 spiro atoms. The fourth-order valence-corrected chi connectivity index (χ4v) is 5.85. The van der Waals surface area contributed by atoms with Crippen LogP contribution in [-0.4, -0.2) is 49.7 Å². The first-order valence-corrected chi connectivity index (χ1v) is 12.9. The molecule has 2 unspecified atom stereocenters. The van der Waals surface area contributed by atoms with Crippen LogP contribution >= 0.6 is 0 Å². The molecule has 1 heterocycles. The third kappa shape index (κ3) is 6.12. The molecule has 1 aliphatic heterocycles. The van der Waals surface area contributed by atoms with E-state index < -0.39 is 10.0 Å². The Balaban J connectivity index is 1.58. The Morgan fingerprint density at radius 1 is 1.12 bits per heavy atom. The number of hydrogen-bond acceptors (Lipinski definition) is 4. The maximum absolute atomic E-state index is 13.2. The lowest BCUT2D eigenvalue weighted by Gasteiger charge is -2.36. The minimum absolute atomic E-state index is 0.0816. The van der Waals surface area contributed by atoms with Gasteiger partial charge in [0, 0.05) is 30.7 Å². The van der Waals surface area contributed by atoms with Gasteiger partial charge in [0.2, 0.25) is 15.9 Å². The van der Waals surface area contributed by atoms with Crippen molar-refractivity contribution in [1.29, 1.82) is 0 Å². The predicted molar refractivity (Wildman–Crippen MR) is 133 cm³/mol. The fraction of sp³-hybridized carbons (Fsp3) is 0.385. The molecule has 2 aromatic rings. The van der Waals surface area contributed by atoms with Crippen molar-refractivity contribution in [3.8, 4) is 0 Å². The fourth-order valence-electron chi connectivity index (χ4n) is 4.19. The number of sulfonamides is 1. The number of benzene rings is 2. The van der Waals surface area contributed by atoms with Crippen LogP contribution in [0.4, 0.5) is 0 Å². The van der Waals surface area contributed by atoms with Gasteiger partial charge in [0.05, 0.1) is 4.90 Å². The highest BCUT2D eigenvalue weighted by atomic mass is 32.2. The van der Waals surface area contributed by atoms with Crippen LogP contribution in [0.25, 0.3) is 0 Å². The molecule has 2 atom stereocenters. The SMILES string of the molecule is C=CC(=O)NC1CCN(S(=O)(=O)c2ccc(C(=O)NCCc3ccc(C)c(C)c3)cc2)C(C)C1. The smallest absolute Gasteiger partial charge is 0.251 e. The van der Waals surface area contributed by atoms with Gasteiger partial charge in [0.15, 0.2) is 0 Å². The first kappa shape index (κ1) is 25.6. The minimum Gasteiger partial charge on any atom is -0.352 e. The van der Waals surface area contributed by atoms with Gasteiger partial charge in [-0.3, -0.25) is 9.59 Å². The molecule has 0 saturated carbocycles. The van der Waals surface area contributed by atoms with Crippen molar-refractivity contribution in [3.63, 3.8) is 0 Å². The Morgan fingerprint density at radius 2 is 1.82 bits per heavy atom. The van der Waals surface area contributed by atoms with Crippen LogP contribution in [0.5, 0.6) is 0 Å². The monoisotopic (exact) mass is 483 g/mol. The van der Waals surface area contributed by atoms with E-state index in [0.29, 0.717) is 31.5 Å². The van der Waals surface area contributed by atoms with Crippen LogP contribution < -0.4 is 10.6 Å². The molecule has 1 aliphatic rings. The molecule has 3 rings (SSSR count). The topological polar surface area (TPSA) is 95.6 Å². The molecule has 34 heavy (non-hydrogen) atoms. The third-order valence-electron chi connectivity index (χ3n) is 6.34. The molecule has 1 fully saturated rings. The van der Waals surface area contributed by atoms with E-state index in [2.05, 4.69) is 49.3 Å². The van der Waals surface area contributed by atoms with Crippen LogP contribution in [0, 0.1) is 13.8 Å². The van der Waals surface area contributed by atoms with Crippen LogP contribution in [0.15, 0.2) is 60.0 Å². The summed E-state index contributed by atoms with van der Waals surface area (Å²) in [5.74, 6) is -0.490. The summed E-state index contributed by atoms with van der Waals surface area (Å²) in [5.41, 5.74) is 4.03. The molecule has 0 radical (unpaired) electrons. The summed E-state index contributed by atoms with van der Waals surface area (Å²) in [4.78, 5) is 24.2. The van der Waals surface area contributed by atoms with Gasteiger partial charge in [-0.15, -0.1) is 0 Å². The lowest BCUT2D eigenvalue weighted by Crippen LogP contribution is -2.50. The molecular weight excluding hydrogens is 450 g/mol. The van der Waals surface area contributed by atoms with Gasteiger partial charge in [0.25, 0.3) is 5.91 Å². The van der Waals surface area contributed by atoms with Crippen molar-refractivity contribution >= 4 is 21.8 Å². The van der Waals surface area contributed by atoms with Gasteiger partial charge < -0.3 is 10.6 Å². The zero-order valence-electron chi connectivity index (χ0n) is 20.0.